The summed E-state index contributed by atoms with van der Waals surface area (Å²) < 4.78 is 36.7. The van der Waals surface area contributed by atoms with Crippen LogP contribution in [0.3, 0.4) is 0 Å². The minimum absolute atomic E-state index is 0.00245. The predicted octanol–water partition coefficient (Wildman–Crippen LogP) is 3.68. The molecule has 0 aliphatic heterocycles. The van der Waals surface area contributed by atoms with E-state index in [4.69, 9.17) is 9.47 Å². The zero-order valence-corrected chi connectivity index (χ0v) is 19.5. The van der Waals surface area contributed by atoms with Crippen molar-refractivity contribution in [1.82, 2.24) is 0 Å². The van der Waals surface area contributed by atoms with E-state index in [1.54, 1.807) is 30.3 Å². The third-order valence-corrected chi connectivity index (χ3v) is 5.71. The van der Waals surface area contributed by atoms with Gasteiger partial charge in [0.1, 0.15) is 12.4 Å². The lowest BCUT2D eigenvalue weighted by Gasteiger charge is -2.24. The second-order valence-electron chi connectivity index (χ2n) is 7.19. The number of hydrogen-bond acceptors (Lipinski definition) is 10. The minimum Gasteiger partial charge on any atom is -0.455 e. The molecule has 0 heterocycles. The Labute approximate surface area is 204 Å². The highest BCUT2D eigenvalue weighted by Crippen LogP contribution is 2.36. The molecule has 0 saturated heterocycles. The van der Waals surface area contributed by atoms with E-state index in [0.717, 1.165) is 18.4 Å². The van der Waals surface area contributed by atoms with Gasteiger partial charge in [0.05, 0.1) is 28.5 Å². The van der Waals surface area contributed by atoms with Gasteiger partial charge in [-0.2, -0.15) is 0 Å². The molecular formula is C22H19N3O10S. The lowest BCUT2D eigenvalue weighted by Crippen LogP contribution is -2.33. The van der Waals surface area contributed by atoms with Crippen LogP contribution in [0.5, 0.6) is 11.5 Å². The summed E-state index contributed by atoms with van der Waals surface area (Å²) in [7, 11) is -4.06. The molecule has 0 spiro atoms. The molecule has 0 amide bonds. The van der Waals surface area contributed by atoms with Crippen LogP contribution in [-0.4, -0.2) is 37.4 Å². The van der Waals surface area contributed by atoms with Gasteiger partial charge in [0.25, 0.3) is 10.8 Å². The molecule has 3 aromatic rings. The predicted molar refractivity (Wildman–Crippen MR) is 125 cm³/mol. The van der Waals surface area contributed by atoms with E-state index in [0.29, 0.717) is 15.6 Å². The summed E-state index contributed by atoms with van der Waals surface area (Å²) in [6, 6.07) is 17.1. The molecule has 13 nitrogen and oxygen atoms in total. The number of rotatable bonds is 11. The highest BCUT2D eigenvalue weighted by Gasteiger charge is 2.25. The number of esters is 1. The van der Waals surface area contributed by atoms with Gasteiger partial charge in [0.15, 0.2) is 12.5 Å². The molecule has 0 N–H and O–H groups in total. The first kappa shape index (κ1) is 25.9. The number of carbonyl (C=O) groups excluding carboxylic acids is 1. The summed E-state index contributed by atoms with van der Waals surface area (Å²) in [4.78, 5) is 37.8. The van der Waals surface area contributed by atoms with E-state index < -0.39 is 39.3 Å². The molecule has 0 aliphatic rings. The first-order valence-corrected chi connectivity index (χ1v) is 11.9. The Kier molecular flexibility index (Phi) is 8.01. The van der Waals surface area contributed by atoms with E-state index in [1.807, 2.05) is 0 Å². The number of nitro benzene ring substituents is 1. The summed E-state index contributed by atoms with van der Waals surface area (Å²) in [6.07, 6.45) is 0.865. The molecule has 0 bridgehead atoms. The van der Waals surface area contributed by atoms with E-state index in [2.05, 4.69) is 4.84 Å². The average Bonchev–Trinajstić information content (AvgIpc) is 2.83. The number of benzene rings is 3. The first-order chi connectivity index (χ1) is 17.0. The molecule has 0 aliphatic carbocycles. The highest BCUT2D eigenvalue weighted by molar-refractivity contribution is 7.92. The largest absolute Gasteiger partial charge is 0.455 e. The van der Waals surface area contributed by atoms with E-state index in [1.165, 1.54) is 30.3 Å². The van der Waals surface area contributed by atoms with Crippen molar-refractivity contribution >= 4 is 27.4 Å². The van der Waals surface area contributed by atoms with Crippen molar-refractivity contribution in [3.05, 3.63) is 104 Å². The molecule has 0 saturated carbocycles. The van der Waals surface area contributed by atoms with Gasteiger partial charge in [-0.3, -0.25) is 10.1 Å². The van der Waals surface area contributed by atoms with Crippen molar-refractivity contribution in [2.24, 2.45) is 0 Å². The summed E-state index contributed by atoms with van der Waals surface area (Å²) in [5.74, 6) is -0.784. The number of anilines is 1. The Bertz CT molecular complexity index is 1380. The SMILES string of the molecule is CS(=O)(=O)N(COC(=O)c1cccc(CO[N+](=O)[O-])c1)c1ccc([N+](=O)[O-])cc1Oc1ccccc1. The second-order valence-corrected chi connectivity index (χ2v) is 9.10. The second kappa shape index (κ2) is 11.1. The van der Waals surface area contributed by atoms with Crippen LogP contribution in [0.2, 0.25) is 0 Å². The number of sulfonamides is 1. The number of non-ortho nitro benzene ring substituents is 1. The molecular weight excluding hydrogens is 498 g/mol. The van der Waals surface area contributed by atoms with Gasteiger partial charge in [-0.05, 0) is 35.9 Å². The van der Waals surface area contributed by atoms with Crippen LogP contribution in [0.25, 0.3) is 0 Å². The number of nitrogens with zero attached hydrogens (tertiary/aromatic N) is 3. The van der Waals surface area contributed by atoms with Crippen LogP contribution >= 0.6 is 0 Å². The molecule has 0 atom stereocenters. The Morgan fingerprint density at radius 1 is 0.972 bits per heavy atom. The summed E-state index contributed by atoms with van der Waals surface area (Å²) in [5, 5.41) is 20.7. The van der Waals surface area contributed by atoms with Crippen molar-refractivity contribution < 1.29 is 37.5 Å². The van der Waals surface area contributed by atoms with Crippen LogP contribution in [0.4, 0.5) is 11.4 Å². The smallest absolute Gasteiger partial charge is 0.339 e. The van der Waals surface area contributed by atoms with Crippen molar-refractivity contribution in [2.75, 3.05) is 17.3 Å². The van der Waals surface area contributed by atoms with Crippen LogP contribution in [0.1, 0.15) is 15.9 Å². The fourth-order valence-electron chi connectivity index (χ4n) is 2.98. The van der Waals surface area contributed by atoms with Crippen LogP contribution in [0.15, 0.2) is 72.8 Å². The molecule has 0 radical (unpaired) electrons. The zero-order valence-electron chi connectivity index (χ0n) is 18.7. The lowest BCUT2D eigenvalue weighted by atomic mass is 10.1. The lowest BCUT2D eigenvalue weighted by molar-refractivity contribution is -0.763. The van der Waals surface area contributed by atoms with Gasteiger partial charge >= 0.3 is 5.97 Å². The standard InChI is InChI=1S/C22H19N3O10S/c1-36(31,32)23(15-33-22(26)17-7-5-6-16(12-17)14-34-25(29)30)20-11-10-18(24(27)28)13-21(20)35-19-8-3-2-4-9-19/h2-13H,14-15H2,1H3. The van der Waals surface area contributed by atoms with E-state index in [9.17, 15) is 33.4 Å². The molecule has 0 fully saturated rings. The van der Waals surface area contributed by atoms with Gasteiger partial charge in [0.2, 0.25) is 10.0 Å². The van der Waals surface area contributed by atoms with E-state index >= 15 is 0 Å². The maximum absolute atomic E-state index is 12.6. The highest BCUT2D eigenvalue weighted by atomic mass is 32.2. The number of ether oxygens (including phenoxy) is 2. The molecule has 14 heteroatoms. The van der Waals surface area contributed by atoms with Crippen molar-refractivity contribution in [3.63, 3.8) is 0 Å². The number of nitro groups is 1. The number of para-hydroxylation sites is 1. The van der Waals surface area contributed by atoms with Crippen molar-refractivity contribution in [3.8, 4) is 11.5 Å². The molecule has 3 rings (SSSR count). The summed E-state index contributed by atoms with van der Waals surface area (Å²) >= 11 is 0. The van der Waals surface area contributed by atoms with Crippen LogP contribution in [-0.2, 0) is 26.2 Å². The van der Waals surface area contributed by atoms with Gasteiger partial charge in [-0.25, -0.2) is 17.5 Å². The number of hydrogen-bond donors (Lipinski definition) is 0. The van der Waals surface area contributed by atoms with Gasteiger partial charge in [0, 0.05) is 6.07 Å². The monoisotopic (exact) mass is 517 g/mol. The Hall–Kier alpha value is -4.72. The molecule has 0 unspecified atom stereocenters. The number of carbonyl (C=O) groups is 1. The topological polar surface area (TPSA) is 168 Å². The summed E-state index contributed by atoms with van der Waals surface area (Å²) in [5.41, 5.74) is -0.135. The fraction of sp³-hybridized carbons (Fsp3) is 0.136. The van der Waals surface area contributed by atoms with Crippen molar-refractivity contribution in [1.29, 1.82) is 0 Å². The normalized spacial score (nSPS) is 10.8. The first-order valence-electron chi connectivity index (χ1n) is 10.1. The van der Waals surface area contributed by atoms with Gasteiger partial charge < -0.3 is 14.3 Å². The Morgan fingerprint density at radius 2 is 1.69 bits per heavy atom. The Balaban J connectivity index is 1.88. The Morgan fingerprint density at radius 3 is 2.33 bits per heavy atom. The molecule has 188 valence electrons. The zero-order chi connectivity index (χ0) is 26.3. The molecule has 3 aromatic carbocycles. The fourth-order valence-corrected chi connectivity index (χ4v) is 3.73. The quantitative estimate of drug-likeness (QED) is 0.158. The van der Waals surface area contributed by atoms with Crippen LogP contribution < -0.4 is 9.04 Å². The van der Waals surface area contributed by atoms with Crippen LogP contribution in [0, 0.1) is 20.2 Å². The third kappa shape index (κ3) is 6.89. The molecule has 36 heavy (non-hydrogen) atoms. The maximum atomic E-state index is 12.6. The van der Waals surface area contributed by atoms with Gasteiger partial charge in [-0.1, -0.05) is 30.3 Å². The third-order valence-electron chi connectivity index (χ3n) is 4.61. The average molecular weight is 517 g/mol. The van der Waals surface area contributed by atoms with Crippen molar-refractivity contribution in [2.45, 2.75) is 6.61 Å². The van der Waals surface area contributed by atoms with Gasteiger partial charge in [-0.15, -0.1) is 10.1 Å². The maximum Gasteiger partial charge on any atom is 0.339 e. The molecule has 0 aromatic heterocycles. The minimum atomic E-state index is -4.06. The summed E-state index contributed by atoms with van der Waals surface area (Å²) in [6.45, 7) is -1.18. The van der Waals surface area contributed by atoms with E-state index in [-0.39, 0.29) is 22.7 Å².